The van der Waals surface area contributed by atoms with Crippen LogP contribution in [0.1, 0.15) is 11.1 Å². The van der Waals surface area contributed by atoms with Gasteiger partial charge in [0.15, 0.2) is 0 Å². The highest BCUT2D eigenvalue weighted by molar-refractivity contribution is 7.16. The smallest absolute Gasteiger partial charge is 0.212 e. The zero-order valence-electron chi connectivity index (χ0n) is 12.5. The van der Waals surface area contributed by atoms with E-state index in [-0.39, 0.29) is 0 Å². The van der Waals surface area contributed by atoms with Crippen molar-refractivity contribution in [2.45, 2.75) is 6.42 Å². The summed E-state index contributed by atoms with van der Waals surface area (Å²) in [5, 5.41) is 0.698. The van der Waals surface area contributed by atoms with E-state index >= 15 is 0 Å². The molecule has 0 aliphatic heterocycles. The zero-order chi connectivity index (χ0) is 16.5. The molecule has 0 unspecified atom stereocenters. The molecule has 0 atom stereocenters. The van der Waals surface area contributed by atoms with Gasteiger partial charge in [-0.1, -0.05) is 29.8 Å². The van der Waals surface area contributed by atoms with E-state index in [9.17, 15) is 4.39 Å². The second-order valence-corrected chi connectivity index (χ2v) is 6.84. The van der Waals surface area contributed by atoms with Crippen molar-refractivity contribution in [2.75, 3.05) is 0 Å². The first-order chi connectivity index (χ1) is 11.7. The number of hydrogen-bond donors (Lipinski definition) is 0. The van der Waals surface area contributed by atoms with Gasteiger partial charge in [0.25, 0.3) is 0 Å². The molecule has 2 aromatic carbocycles. The van der Waals surface area contributed by atoms with Crippen LogP contribution in [0.4, 0.5) is 4.39 Å². The molecule has 0 aliphatic carbocycles. The van der Waals surface area contributed by atoms with Crippen molar-refractivity contribution >= 4 is 33.2 Å². The van der Waals surface area contributed by atoms with Crippen molar-refractivity contribution in [3.8, 4) is 11.1 Å². The summed E-state index contributed by atoms with van der Waals surface area (Å²) in [6.45, 7) is 0. The zero-order valence-corrected chi connectivity index (χ0v) is 14.1. The van der Waals surface area contributed by atoms with Gasteiger partial charge in [-0.3, -0.25) is 0 Å². The van der Waals surface area contributed by atoms with Crippen LogP contribution in [0, 0.1) is 5.95 Å². The van der Waals surface area contributed by atoms with Gasteiger partial charge in [0.1, 0.15) is 0 Å². The van der Waals surface area contributed by atoms with E-state index < -0.39 is 5.95 Å². The lowest BCUT2D eigenvalue weighted by Crippen LogP contribution is -1.92. The first kappa shape index (κ1) is 15.2. The van der Waals surface area contributed by atoms with Crippen LogP contribution in [-0.2, 0) is 6.42 Å². The third-order valence-electron chi connectivity index (χ3n) is 3.83. The number of pyridine rings is 1. The van der Waals surface area contributed by atoms with Gasteiger partial charge >= 0.3 is 0 Å². The highest BCUT2D eigenvalue weighted by Crippen LogP contribution is 2.33. The highest BCUT2D eigenvalue weighted by Gasteiger charge is 2.10. The van der Waals surface area contributed by atoms with Crippen molar-refractivity contribution in [3.63, 3.8) is 0 Å². The Morgan fingerprint density at radius 1 is 1.00 bits per heavy atom. The van der Waals surface area contributed by atoms with Gasteiger partial charge in [-0.25, -0.2) is 9.97 Å². The molecule has 2 nitrogen and oxygen atoms in total. The molecule has 4 rings (SSSR count). The lowest BCUT2D eigenvalue weighted by Gasteiger charge is -2.08. The van der Waals surface area contributed by atoms with Crippen LogP contribution < -0.4 is 0 Å². The van der Waals surface area contributed by atoms with Crippen molar-refractivity contribution in [3.05, 3.63) is 82.3 Å². The van der Waals surface area contributed by atoms with Crippen LogP contribution in [0.25, 0.3) is 21.3 Å². The summed E-state index contributed by atoms with van der Waals surface area (Å²) in [6, 6.07) is 15.2. The fourth-order valence-electron chi connectivity index (χ4n) is 2.75. The molecule has 118 valence electrons. The van der Waals surface area contributed by atoms with Gasteiger partial charge in [0.2, 0.25) is 5.95 Å². The first-order valence-electron chi connectivity index (χ1n) is 7.41. The van der Waals surface area contributed by atoms with Crippen LogP contribution in [0.3, 0.4) is 0 Å². The van der Waals surface area contributed by atoms with E-state index in [4.69, 9.17) is 11.6 Å². The summed E-state index contributed by atoms with van der Waals surface area (Å²) in [7, 11) is 0. The molecular weight excluding hydrogens is 343 g/mol. The third-order valence-corrected chi connectivity index (χ3v) is 4.84. The molecule has 0 N–H and O–H groups in total. The average Bonchev–Trinajstić information content (AvgIpc) is 3.05. The van der Waals surface area contributed by atoms with Crippen LogP contribution in [0.15, 0.2) is 60.2 Å². The highest BCUT2D eigenvalue weighted by atomic mass is 35.5. The summed E-state index contributed by atoms with van der Waals surface area (Å²) in [5.74, 6) is -0.462. The van der Waals surface area contributed by atoms with Crippen molar-refractivity contribution in [2.24, 2.45) is 0 Å². The quantitative estimate of drug-likeness (QED) is 0.438. The largest absolute Gasteiger partial charge is 0.244 e. The molecule has 2 aromatic heterocycles. The lowest BCUT2D eigenvalue weighted by molar-refractivity contribution is 0.582. The Morgan fingerprint density at radius 2 is 1.92 bits per heavy atom. The van der Waals surface area contributed by atoms with Gasteiger partial charge in [0.05, 0.1) is 15.7 Å². The van der Waals surface area contributed by atoms with Crippen molar-refractivity contribution < 1.29 is 4.39 Å². The number of fused-ring (bicyclic) bond motifs is 1. The fourth-order valence-corrected chi connectivity index (χ4v) is 3.70. The van der Waals surface area contributed by atoms with Crippen LogP contribution in [-0.4, -0.2) is 9.97 Å². The second-order valence-electron chi connectivity index (χ2n) is 5.52. The van der Waals surface area contributed by atoms with E-state index in [1.165, 1.54) is 6.07 Å². The Labute approximate surface area is 147 Å². The Morgan fingerprint density at radius 3 is 2.71 bits per heavy atom. The standard InChI is InChI=1S/C19H12ClFN2S/c20-15-3-1-2-14(9-15)16-7-13(8-17-19(16)23-11-24-17)6-12-4-5-18(21)22-10-12/h1-5,7-11H,6H2. The number of halogens is 2. The molecule has 5 heteroatoms. The minimum Gasteiger partial charge on any atom is -0.244 e. The van der Waals surface area contributed by atoms with Gasteiger partial charge in [-0.15, -0.1) is 11.3 Å². The summed E-state index contributed by atoms with van der Waals surface area (Å²) >= 11 is 7.75. The molecule has 2 heterocycles. The topological polar surface area (TPSA) is 25.8 Å². The predicted octanol–water partition coefficient (Wildman–Crippen LogP) is 5.74. The minimum absolute atomic E-state index is 0.462. The monoisotopic (exact) mass is 354 g/mol. The molecule has 0 saturated heterocycles. The van der Waals surface area contributed by atoms with E-state index in [0.717, 1.165) is 32.5 Å². The van der Waals surface area contributed by atoms with E-state index in [0.29, 0.717) is 11.4 Å². The molecule has 0 amide bonds. The molecule has 24 heavy (non-hydrogen) atoms. The predicted molar refractivity (Wildman–Crippen MR) is 97.1 cm³/mol. The molecule has 0 bridgehead atoms. The fraction of sp³-hybridized carbons (Fsp3) is 0.0526. The summed E-state index contributed by atoms with van der Waals surface area (Å²) < 4.78 is 14.1. The summed E-state index contributed by atoms with van der Waals surface area (Å²) in [5.41, 5.74) is 7.02. The molecule has 4 aromatic rings. The van der Waals surface area contributed by atoms with Crippen LogP contribution >= 0.6 is 22.9 Å². The van der Waals surface area contributed by atoms with E-state index in [1.807, 2.05) is 29.8 Å². The van der Waals surface area contributed by atoms with Gasteiger partial charge in [-0.2, -0.15) is 4.39 Å². The Kier molecular flexibility index (Phi) is 4.00. The Bertz CT molecular complexity index is 1010. The number of nitrogens with zero attached hydrogens (tertiary/aromatic N) is 2. The van der Waals surface area contributed by atoms with Gasteiger partial charge in [-0.05, 0) is 53.4 Å². The maximum Gasteiger partial charge on any atom is 0.212 e. The molecular formula is C19H12ClFN2S. The maximum absolute atomic E-state index is 13.0. The summed E-state index contributed by atoms with van der Waals surface area (Å²) in [6.07, 6.45) is 2.26. The molecule has 0 fully saturated rings. The third kappa shape index (κ3) is 3.03. The number of benzene rings is 2. The number of rotatable bonds is 3. The first-order valence-corrected chi connectivity index (χ1v) is 8.67. The summed E-state index contributed by atoms with van der Waals surface area (Å²) in [4.78, 5) is 8.22. The number of aromatic nitrogens is 2. The average molecular weight is 355 g/mol. The van der Waals surface area contributed by atoms with E-state index in [1.54, 1.807) is 23.6 Å². The number of hydrogen-bond acceptors (Lipinski definition) is 3. The molecule has 0 aliphatic rings. The molecule has 0 saturated carbocycles. The van der Waals surface area contributed by atoms with Crippen molar-refractivity contribution in [1.82, 2.24) is 9.97 Å². The van der Waals surface area contributed by atoms with Gasteiger partial charge < -0.3 is 0 Å². The van der Waals surface area contributed by atoms with Crippen LogP contribution in [0.2, 0.25) is 5.02 Å². The molecule has 0 radical (unpaired) electrons. The Hall–Kier alpha value is -2.30. The SMILES string of the molecule is Fc1ccc(Cc2cc(-c3cccc(Cl)c3)c3ncsc3c2)cn1. The van der Waals surface area contributed by atoms with Gasteiger partial charge in [0, 0.05) is 16.8 Å². The Balaban J connectivity index is 1.81. The molecule has 0 spiro atoms. The van der Waals surface area contributed by atoms with Crippen molar-refractivity contribution in [1.29, 1.82) is 0 Å². The minimum atomic E-state index is -0.462. The lowest BCUT2D eigenvalue weighted by atomic mass is 9.98. The van der Waals surface area contributed by atoms with E-state index in [2.05, 4.69) is 22.1 Å². The second kappa shape index (κ2) is 6.30. The van der Waals surface area contributed by atoms with Crippen LogP contribution in [0.5, 0.6) is 0 Å². The normalized spacial score (nSPS) is 11.1. The maximum atomic E-state index is 13.0. The number of thiazole rings is 1.